The van der Waals surface area contributed by atoms with Crippen LogP contribution in [-0.2, 0) is 4.74 Å². The second-order valence-electron chi connectivity index (χ2n) is 6.40. The molecular weight excluding hydrogens is 336 g/mol. The second-order valence-corrected chi connectivity index (χ2v) is 7.42. The van der Waals surface area contributed by atoms with E-state index in [1.54, 1.807) is 0 Å². The lowest BCUT2D eigenvalue weighted by Gasteiger charge is -2.26. The molecule has 1 fully saturated rings. The van der Waals surface area contributed by atoms with Gasteiger partial charge in [0.25, 0.3) is 0 Å². The van der Waals surface area contributed by atoms with E-state index in [4.69, 9.17) is 4.74 Å². The van der Waals surface area contributed by atoms with Crippen LogP contribution in [0.25, 0.3) is 5.57 Å². The van der Waals surface area contributed by atoms with Crippen molar-refractivity contribution >= 4 is 21.5 Å². The maximum atomic E-state index is 6.12. The van der Waals surface area contributed by atoms with Gasteiger partial charge in [-0.05, 0) is 52.8 Å². The van der Waals surface area contributed by atoms with Crippen molar-refractivity contribution in [3.8, 4) is 0 Å². The Balaban J connectivity index is 1.75. The highest BCUT2D eigenvalue weighted by atomic mass is 79.9. The first-order valence-electron chi connectivity index (χ1n) is 8.19. The van der Waals surface area contributed by atoms with Crippen molar-refractivity contribution in [1.29, 1.82) is 0 Å². The Morgan fingerprint density at radius 3 is 2.50 bits per heavy atom. The van der Waals surface area contributed by atoms with Crippen LogP contribution in [0.3, 0.4) is 0 Å². The summed E-state index contributed by atoms with van der Waals surface area (Å²) in [5.74, 6) is 0.860. The van der Waals surface area contributed by atoms with Gasteiger partial charge in [0.05, 0.1) is 12.4 Å². The van der Waals surface area contributed by atoms with Crippen molar-refractivity contribution in [2.75, 3.05) is 0 Å². The summed E-state index contributed by atoms with van der Waals surface area (Å²) in [6.07, 6.45) is 12.6. The van der Waals surface area contributed by atoms with E-state index in [9.17, 15) is 0 Å². The molecule has 2 heteroatoms. The maximum absolute atomic E-state index is 6.12. The van der Waals surface area contributed by atoms with Gasteiger partial charge in [-0.25, -0.2) is 0 Å². The summed E-state index contributed by atoms with van der Waals surface area (Å²) in [6.45, 7) is 2.34. The molecule has 0 aliphatic heterocycles. The fourth-order valence-corrected chi connectivity index (χ4v) is 3.60. The number of hydrogen-bond donors (Lipinski definition) is 0. The number of halogens is 1. The number of hydrogen-bond acceptors (Lipinski definition) is 1. The van der Waals surface area contributed by atoms with Crippen molar-refractivity contribution < 1.29 is 4.74 Å². The van der Waals surface area contributed by atoms with Gasteiger partial charge in [-0.3, -0.25) is 0 Å². The van der Waals surface area contributed by atoms with Crippen molar-refractivity contribution in [3.05, 3.63) is 64.4 Å². The fraction of sp³-hybridized carbons (Fsp3) is 0.400. The largest absolute Gasteiger partial charge is 0.498 e. The fourth-order valence-electron chi connectivity index (χ4n) is 3.17. The van der Waals surface area contributed by atoms with Crippen LogP contribution in [0, 0.1) is 5.92 Å². The van der Waals surface area contributed by atoms with Crippen LogP contribution in [0.5, 0.6) is 0 Å². The van der Waals surface area contributed by atoms with Gasteiger partial charge in [0.1, 0.15) is 0 Å². The molecule has 0 saturated heterocycles. The van der Waals surface area contributed by atoms with Crippen molar-refractivity contribution in [2.45, 2.75) is 45.1 Å². The lowest BCUT2D eigenvalue weighted by molar-refractivity contribution is 0.0903. The maximum Gasteiger partial charge on any atom is 0.0978 e. The number of benzene rings is 1. The Morgan fingerprint density at radius 1 is 1.05 bits per heavy atom. The first-order valence-corrected chi connectivity index (χ1v) is 8.98. The summed E-state index contributed by atoms with van der Waals surface area (Å²) in [4.78, 5) is 0. The van der Waals surface area contributed by atoms with Gasteiger partial charge in [0, 0.05) is 6.42 Å². The molecular formula is C20H23BrO. The van der Waals surface area contributed by atoms with Crippen LogP contribution < -0.4 is 0 Å². The molecule has 1 aromatic carbocycles. The van der Waals surface area contributed by atoms with Crippen LogP contribution in [0.1, 0.15) is 44.6 Å². The highest BCUT2D eigenvalue weighted by Crippen LogP contribution is 2.35. The molecule has 0 atom stereocenters. The van der Waals surface area contributed by atoms with Gasteiger partial charge in [-0.1, -0.05) is 65.3 Å². The molecule has 3 rings (SSSR count). The third-order valence-electron chi connectivity index (χ3n) is 4.59. The molecule has 2 aliphatic carbocycles. The lowest BCUT2D eigenvalue weighted by atomic mass is 9.89. The first kappa shape index (κ1) is 15.6. The average molecular weight is 359 g/mol. The Labute approximate surface area is 141 Å². The monoisotopic (exact) mass is 358 g/mol. The van der Waals surface area contributed by atoms with E-state index in [1.165, 1.54) is 46.9 Å². The summed E-state index contributed by atoms with van der Waals surface area (Å²) in [5, 5.41) is 0. The zero-order valence-electron chi connectivity index (χ0n) is 13.1. The molecule has 0 radical (unpaired) electrons. The SMILES string of the molecule is CC1CCC(OC=C2CC(Br)=CC=C2c2ccccc2)CC1. The minimum Gasteiger partial charge on any atom is -0.498 e. The topological polar surface area (TPSA) is 9.23 Å². The molecule has 1 saturated carbocycles. The zero-order valence-corrected chi connectivity index (χ0v) is 14.7. The smallest absolute Gasteiger partial charge is 0.0978 e. The molecule has 0 unspecified atom stereocenters. The number of ether oxygens (including phenoxy) is 1. The van der Waals surface area contributed by atoms with E-state index < -0.39 is 0 Å². The molecule has 1 nitrogen and oxygen atoms in total. The van der Waals surface area contributed by atoms with Crippen LogP contribution in [0.15, 0.2) is 58.8 Å². The van der Waals surface area contributed by atoms with Gasteiger partial charge >= 0.3 is 0 Å². The van der Waals surface area contributed by atoms with Gasteiger partial charge in [0.2, 0.25) is 0 Å². The Hall–Kier alpha value is -1.28. The van der Waals surface area contributed by atoms with Crippen LogP contribution in [0.4, 0.5) is 0 Å². The molecule has 0 amide bonds. The minimum atomic E-state index is 0.394. The molecule has 116 valence electrons. The molecule has 1 aromatic rings. The third-order valence-corrected chi connectivity index (χ3v) is 5.13. The van der Waals surface area contributed by atoms with Crippen molar-refractivity contribution in [3.63, 3.8) is 0 Å². The number of rotatable bonds is 3. The summed E-state index contributed by atoms with van der Waals surface area (Å²) in [6, 6.07) is 10.6. The molecule has 22 heavy (non-hydrogen) atoms. The van der Waals surface area contributed by atoms with E-state index in [0.717, 1.165) is 12.3 Å². The Morgan fingerprint density at radius 2 is 1.77 bits per heavy atom. The van der Waals surface area contributed by atoms with E-state index in [-0.39, 0.29) is 0 Å². The highest BCUT2D eigenvalue weighted by molar-refractivity contribution is 9.11. The lowest BCUT2D eigenvalue weighted by Crippen LogP contribution is -2.18. The van der Waals surface area contributed by atoms with Gasteiger partial charge in [-0.2, -0.15) is 0 Å². The second kappa shape index (κ2) is 7.32. The first-order chi connectivity index (χ1) is 10.7. The number of allylic oxidation sites excluding steroid dienone is 5. The van der Waals surface area contributed by atoms with E-state index in [0.29, 0.717) is 6.10 Å². The highest BCUT2D eigenvalue weighted by Gasteiger charge is 2.19. The quantitative estimate of drug-likeness (QED) is 0.581. The predicted octanol–water partition coefficient (Wildman–Crippen LogP) is 6.23. The van der Waals surface area contributed by atoms with E-state index in [2.05, 4.69) is 65.3 Å². The van der Waals surface area contributed by atoms with Gasteiger partial charge in [-0.15, -0.1) is 0 Å². The van der Waals surface area contributed by atoms with Crippen LogP contribution in [0.2, 0.25) is 0 Å². The minimum absolute atomic E-state index is 0.394. The molecule has 0 aromatic heterocycles. The van der Waals surface area contributed by atoms with E-state index in [1.807, 2.05) is 6.26 Å². The average Bonchev–Trinajstić information content (AvgIpc) is 2.55. The summed E-state index contributed by atoms with van der Waals surface area (Å²) in [5.41, 5.74) is 3.79. The molecule has 0 heterocycles. The van der Waals surface area contributed by atoms with E-state index >= 15 is 0 Å². The normalized spacial score (nSPS) is 27.3. The summed E-state index contributed by atoms with van der Waals surface area (Å²) >= 11 is 3.62. The molecule has 0 bridgehead atoms. The van der Waals surface area contributed by atoms with Gasteiger partial charge < -0.3 is 4.74 Å². The van der Waals surface area contributed by atoms with Crippen molar-refractivity contribution in [1.82, 2.24) is 0 Å². The molecule has 0 spiro atoms. The van der Waals surface area contributed by atoms with Crippen LogP contribution in [-0.4, -0.2) is 6.10 Å². The Kier molecular flexibility index (Phi) is 5.20. The van der Waals surface area contributed by atoms with Crippen molar-refractivity contribution in [2.24, 2.45) is 5.92 Å². The molecule has 0 N–H and O–H groups in total. The summed E-state index contributed by atoms with van der Waals surface area (Å²) in [7, 11) is 0. The molecule has 2 aliphatic rings. The summed E-state index contributed by atoms with van der Waals surface area (Å²) < 4.78 is 7.33. The zero-order chi connectivity index (χ0) is 15.4. The van der Waals surface area contributed by atoms with Crippen LogP contribution >= 0.6 is 15.9 Å². The third kappa shape index (κ3) is 3.92. The Bertz CT molecular complexity index is 589. The van der Waals surface area contributed by atoms with Gasteiger partial charge in [0.15, 0.2) is 0 Å². The predicted molar refractivity (Wildman–Crippen MR) is 96.6 cm³/mol. The standard InChI is InChI=1S/C20H23BrO/c1-15-7-10-19(11-8-15)22-14-17-13-18(21)9-12-20(17)16-5-3-2-4-6-16/h2-6,9,12,14-15,19H,7-8,10-11,13H2,1H3.